The minimum atomic E-state index is -0.992. The quantitative estimate of drug-likeness (QED) is 0.888. The molecule has 0 amide bonds. The van der Waals surface area contributed by atoms with E-state index < -0.39 is 5.97 Å². The van der Waals surface area contributed by atoms with Crippen molar-refractivity contribution in [2.45, 2.75) is 46.5 Å². The third kappa shape index (κ3) is 2.72. The molecule has 0 unspecified atom stereocenters. The molecule has 0 atom stereocenters. The van der Waals surface area contributed by atoms with Crippen LogP contribution >= 0.6 is 0 Å². The number of aromatic carboxylic acids is 1. The molecule has 2 aromatic rings. The Bertz CT molecular complexity index is 642. The fourth-order valence-electron chi connectivity index (χ4n) is 2.40. The molecular weight excluding hydrogens is 252 g/mol. The van der Waals surface area contributed by atoms with Crippen molar-refractivity contribution in [3.63, 3.8) is 0 Å². The molecule has 0 aliphatic carbocycles. The van der Waals surface area contributed by atoms with Crippen LogP contribution in [0.4, 0.5) is 0 Å². The second-order valence-electron chi connectivity index (χ2n) is 6.77. The van der Waals surface area contributed by atoms with Crippen molar-refractivity contribution in [3.8, 4) is 0 Å². The Balaban J connectivity index is 2.69. The fourth-order valence-corrected chi connectivity index (χ4v) is 2.40. The van der Waals surface area contributed by atoms with Crippen molar-refractivity contribution in [3.05, 3.63) is 35.1 Å². The van der Waals surface area contributed by atoms with Gasteiger partial charge in [0, 0.05) is 10.9 Å². The van der Waals surface area contributed by atoms with E-state index in [0.29, 0.717) is 17.9 Å². The van der Waals surface area contributed by atoms with E-state index in [2.05, 4.69) is 40.7 Å². The van der Waals surface area contributed by atoms with Gasteiger partial charge in [-0.1, -0.05) is 40.7 Å². The molecule has 0 saturated carbocycles. The van der Waals surface area contributed by atoms with Crippen LogP contribution in [0.3, 0.4) is 0 Å². The number of carbonyl (C=O) groups is 1. The summed E-state index contributed by atoms with van der Waals surface area (Å²) in [5.41, 5.74) is 2.69. The minimum Gasteiger partial charge on any atom is -0.475 e. The lowest BCUT2D eigenvalue weighted by Gasteiger charge is -2.19. The summed E-state index contributed by atoms with van der Waals surface area (Å²) in [6.07, 6.45) is 0.711. The number of hydrogen-bond donors (Lipinski definition) is 1. The summed E-state index contributed by atoms with van der Waals surface area (Å²) < 4.78 is 5.53. The Morgan fingerprint density at radius 3 is 2.45 bits per heavy atom. The number of rotatable bonds is 3. The SMILES string of the molecule is CC(C)Cc1c(C(=O)O)oc2ccc(C(C)(C)C)cc12. The number of carboxylic acids is 1. The monoisotopic (exact) mass is 274 g/mol. The van der Waals surface area contributed by atoms with Crippen LogP contribution in [-0.4, -0.2) is 11.1 Å². The highest BCUT2D eigenvalue weighted by atomic mass is 16.4. The molecule has 1 aromatic carbocycles. The lowest BCUT2D eigenvalue weighted by Crippen LogP contribution is -2.10. The Kier molecular flexibility index (Phi) is 3.63. The molecular formula is C17H22O3. The molecule has 0 bridgehead atoms. The zero-order valence-electron chi connectivity index (χ0n) is 12.8. The standard InChI is InChI=1S/C17H22O3/c1-10(2)8-13-12-9-11(17(3,4)5)6-7-14(12)20-15(13)16(18)19/h6-7,9-10H,8H2,1-5H3,(H,18,19). The number of furan rings is 1. The summed E-state index contributed by atoms with van der Waals surface area (Å²) in [5.74, 6) is -0.527. The highest BCUT2D eigenvalue weighted by Gasteiger charge is 2.22. The molecule has 3 heteroatoms. The topological polar surface area (TPSA) is 50.4 Å². The smallest absolute Gasteiger partial charge is 0.372 e. The first kappa shape index (κ1) is 14.6. The van der Waals surface area contributed by atoms with Crippen molar-refractivity contribution in [1.29, 1.82) is 0 Å². The van der Waals surface area contributed by atoms with Crippen LogP contribution in [-0.2, 0) is 11.8 Å². The lowest BCUT2D eigenvalue weighted by molar-refractivity contribution is 0.0663. The second kappa shape index (κ2) is 4.97. The van der Waals surface area contributed by atoms with Crippen LogP contribution < -0.4 is 0 Å². The van der Waals surface area contributed by atoms with E-state index >= 15 is 0 Å². The molecule has 108 valence electrons. The average Bonchev–Trinajstić information content (AvgIpc) is 2.65. The first-order chi connectivity index (χ1) is 9.20. The van der Waals surface area contributed by atoms with Gasteiger partial charge < -0.3 is 9.52 Å². The zero-order valence-corrected chi connectivity index (χ0v) is 12.8. The summed E-state index contributed by atoms with van der Waals surface area (Å²) >= 11 is 0. The van der Waals surface area contributed by atoms with Crippen molar-refractivity contribution in [2.24, 2.45) is 5.92 Å². The lowest BCUT2D eigenvalue weighted by atomic mass is 9.86. The van der Waals surface area contributed by atoms with Crippen LogP contribution in [0.25, 0.3) is 11.0 Å². The molecule has 0 aliphatic heterocycles. The Hall–Kier alpha value is -1.77. The second-order valence-corrected chi connectivity index (χ2v) is 6.77. The van der Waals surface area contributed by atoms with Crippen LogP contribution in [0.1, 0.15) is 56.3 Å². The van der Waals surface area contributed by atoms with Gasteiger partial charge in [0.2, 0.25) is 5.76 Å². The van der Waals surface area contributed by atoms with Gasteiger partial charge in [-0.2, -0.15) is 0 Å². The Morgan fingerprint density at radius 2 is 1.95 bits per heavy atom. The first-order valence-electron chi connectivity index (χ1n) is 6.99. The van der Waals surface area contributed by atoms with E-state index in [1.54, 1.807) is 0 Å². The fraction of sp³-hybridized carbons (Fsp3) is 0.471. The van der Waals surface area contributed by atoms with Crippen molar-refractivity contribution >= 4 is 16.9 Å². The van der Waals surface area contributed by atoms with Gasteiger partial charge in [0.15, 0.2) is 0 Å². The highest BCUT2D eigenvalue weighted by Crippen LogP contribution is 2.32. The average molecular weight is 274 g/mol. The molecule has 3 nitrogen and oxygen atoms in total. The van der Waals surface area contributed by atoms with Gasteiger partial charge in [-0.25, -0.2) is 4.79 Å². The zero-order chi connectivity index (χ0) is 15.1. The minimum absolute atomic E-state index is 0.0317. The summed E-state index contributed by atoms with van der Waals surface area (Å²) in [6.45, 7) is 10.6. The van der Waals surface area contributed by atoms with Gasteiger partial charge in [-0.3, -0.25) is 0 Å². The summed E-state index contributed by atoms with van der Waals surface area (Å²) in [4.78, 5) is 11.4. The van der Waals surface area contributed by atoms with Crippen LogP contribution in [0, 0.1) is 5.92 Å². The van der Waals surface area contributed by atoms with Crippen molar-refractivity contribution in [1.82, 2.24) is 0 Å². The van der Waals surface area contributed by atoms with Gasteiger partial charge in [0.05, 0.1) is 0 Å². The van der Waals surface area contributed by atoms with Crippen LogP contribution in [0.15, 0.2) is 22.6 Å². The van der Waals surface area contributed by atoms with Crippen molar-refractivity contribution in [2.75, 3.05) is 0 Å². The van der Waals surface area contributed by atoms with E-state index in [4.69, 9.17) is 4.42 Å². The predicted octanol–water partition coefficient (Wildman–Crippen LogP) is 4.63. The van der Waals surface area contributed by atoms with Gasteiger partial charge in [0.1, 0.15) is 5.58 Å². The number of hydrogen-bond acceptors (Lipinski definition) is 2. The normalized spacial score (nSPS) is 12.3. The molecule has 1 N–H and O–H groups in total. The molecule has 1 heterocycles. The van der Waals surface area contributed by atoms with Crippen LogP contribution in [0.2, 0.25) is 0 Å². The maximum absolute atomic E-state index is 11.4. The first-order valence-corrected chi connectivity index (χ1v) is 6.99. The Morgan fingerprint density at radius 1 is 1.30 bits per heavy atom. The van der Waals surface area contributed by atoms with E-state index in [1.165, 1.54) is 5.56 Å². The summed E-state index contributed by atoms with van der Waals surface area (Å²) in [5, 5.41) is 10.2. The largest absolute Gasteiger partial charge is 0.475 e. The maximum Gasteiger partial charge on any atom is 0.372 e. The molecule has 2 rings (SSSR count). The van der Waals surface area contributed by atoms with E-state index in [1.807, 2.05) is 12.1 Å². The third-order valence-corrected chi connectivity index (χ3v) is 3.46. The predicted molar refractivity (Wildman–Crippen MR) is 80.4 cm³/mol. The Labute approximate surface area is 119 Å². The molecule has 0 aliphatic rings. The molecule has 1 aromatic heterocycles. The van der Waals surface area contributed by atoms with Gasteiger partial charge in [-0.05, 0) is 35.4 Å². The van der Waals surface area contributed by atoms with Gasteiger partial charge in [-0.15, -0.1) is 0 Å². The molecule has 0 fully saturated rings. The maximum atomic E-state index is 11.4. The van der Waals surface area contributed by atoms with Crippen molar-refractivity contribution < 1.29 is 14.3 Å². The summed E-state index contributed by atoms with van der Waals surface area (Å²) in [6, 6.07) is 5.96. The van der Waals surface area contributed by atoms with Gasteiger partial charge in [0.25, 0.3) is 0 Å². The van der Waals surface area contributed by atoms with E-state index in [9.17, 15) is 9.90 Å². The third-order valence-electron chi connectivity index (χ3n) is 3.46. The number of benzene rings is 1. The van der Waals surface area contributed by atoms with E-state index in [0.717, 1.165) is 10.9 Å². The molecule has 0 spiro atoms. The van der Waals surface area contributed by atoms with E-state index in [-0.39, 0.29) is 11.2 Å². The van der Waals surface area contributed by atoms with Crippen LogP contribution in [0.5, 0.6) is 0 Å². The highest BCUT2D eigenvalue weighted by molar-refractivity contribution is 5.95. The summed E-state index contributed by atoms with van der Waals surface area (Å²) in [7, 11) is 0. The number of fused-ring (bicyclic) bond motifs is 1. The molecule has 0 radical (unpaired) electrons. The molecule has 20 heavy (non-hydrogen) atoms. The number of carboxylic acid groups (broad SMARTS) is 1. The molecule has 0 saturated heterocycles. The van der Waals surface area contributed by atoms with Gasteiger partial charge >= 0.3 is 5.97 Å².